The van der Waals surface area contributed by atoms with Gasteiger partial charge >= 0.3 is 12.1 Å². The van der Waals surface area contributed by atoms with E-state index in [2.05, 4.69) is 37.4 Å². The monoisotopic (exact) mass is 532 g/mol. The van der Waals surface area contributed by atoms with Gasteiger partial charge in [-0.15, -0.1) is 0 Å². The lowest BCUT2D eigenvalue weighted by Gasteiger charge is -2.22. The van der Waals surface area contributed by atoms with E-state index < -0.39 is 11.5 Å². The fourth-order valence-corrected chi connectivity index (χ4v) is 3.90. The molecule has 0 aliphatic heterocycles. The highest BCUT2D eigenvalue weighted by Gasteiger charge is 2.24. The summed E-state index contributed by atoms with van der Waals surface area (Å²) in [5.41, 5.74) is 9.34. The van der Waals surface area contributed by atoms with Gasteiger partial charge in [0.1, 0.15) is 6.61 Å². The molecule has 0 aromatic heterocycles. The molecule has 1 atom stereocenters. The minimum Gasteiger partial charge on any atom is -0.493 e. The van der Waals surface area contributed by atoms with Gasteiger partial charge in [0, 0.05) is 19.0 Å². The molecular formula is C28H40N2O6S. The van der Waals surface area contributed by atoms with Gasteiger partial charge in [0.25, 0.3) is 0 Å². The van der Waals surface area contributed by atoms with E-state index in [4.69, 9.17) is 24.1 Å². The molecule has 0 spiro atoms. The van der Waals surface area contributed by atoms with Gasteiger partial charge in [-0.2, -0.15) is 0 Å². The molecule has 0 aliphatic carbocycles. The number of carbonyl (C=O) groups is 2. The molecule has 0 radical (unpaired) electrons. The lowest BCUT2D eigenvalue weighted by molar-refractivity contribution is -0.154. The molecule has 0 heterocycles. The SMILES string of the molecule is COc1cc(CSOC(=O)NCC(COC(=O)C(C)(C)C)Cc2ccc(C)c(C)c2)ccc1OCCN. The average molecular weight is 533 g/mol. The smallest absolute Gasteiger partial charge is 0.419 e. The van der Waals surface area contributed by atoms with Gasteiger partial charge in [-0.05, 0) is 75.4 Å². The second-order valence-corrected chi connectivity index (χ2v) is 10.7. The first-order valence-corrected chi connectivity index (χ1v) is 13.2. The van der Waals surface area contributed by atoms with E-state index in [1.54, 1.807) is 13.2 Å². The molecule has 3 N–H and O–H groups in total. The van der Waals surface area contributed by atoms with Crippen molar-refractivity contribution in [2.24, 2.45) is 17.1 Å². The first-order chi connectivity index (χ1) is 17.5. The molecule has 1 unspecified atom stereocenters. The van der Waals surface area contributed by atoms with Gasteiger partial charge in [0.2, 0.25) is 0 Å². The van der Waals surface area contributed by atoms with E-state index in [0.717, 1.165) is 23.2 Å². The Morgan fingerprint density at radius 3 is 2.41 bits per heavy atom. The van der Waals surface area contributed by atoms with Crippen LogP contribution in [0.2, 0.25) is 0 Å². The summed E-state index contributed by atoms with van der Waals surface area (Å²) < 4.78 is 21.8. The number of rotatable bonds is 13. The predicted octanol–water partition coefficient (Wildman–Crippen LogP) is 4.97. The number of aryl methyl sites for hydroxylation is 2. The normalized spacial score (nSPS) is 12.0. The molecule has 1 amide bonds. The third kappa shape index (κ3) is 10.5. The van der Waals surface area contributed by atoms with Crippen LogP contribution >= 0.6 is 12.0 Å². The van der Waals surface area contributed by atoms with Crippen molar-refractivity contribution >= 4 is 24.1 Å². The number of benzene rings is 2. The number of esters is 1. The van der Waals surface area contributed by atoms with Crippen molar-refractivity contribution in [1.82, 2.24) is 5.32 Å². The van der Waals surface area contributed by atoms with Crippen molar-refractivity contribution in [2.75, 3.05) is 33.4 Å². The van der Waals surface area contributed by atoms with Crippen molar-refractivity contribution in [3.8, 4) is 11.5 Å². The quantitative estimate of drug-likeness (QED) is 0.275. The third-order valence-electron chi connectivity index (χ3n) is 5.66. The Kier molecular flexibility index (Phi) is 12.1. The summed E-state index contributed by atoms with van der Waals surface area (Å²) in [6, 6.07) is 11.8. The summed E-state index contributed by atoms with van der Waals surface area (Å²) >= 11 is 1.02. The van der Waals surface area contributed by atoms with E-state index in [9.17, 15) is 9.59 Å². The molecule has 2 rings (SSSR count). The van der Waals surface area contributed by atoms with Crippen molar-refractivity contribution in [2.45, 2.75) is 46.8 Å². The van der Waals surface area contributed by atoms with Gasteiger partial charge in [0.05, 0.1) is 36.9 Å². The largest absolute Gasteiger partial charge is 0.493 e. The molecule has 2 aromatic rings. The van der Waals surface area contributed by atoms with Crippen LogP contribution < -0.4 is 20.5 Å². The van der Waals surface area contributed by atoms with Crippen LogP contribution in [0.25, 0.3) is 0 Å². The highest BCUT2D eigenvalue weighted by Crippen LogP contribution is 2.29. The topological polar surface area (TPSA) is 109 Å². The second-order valence-electron chi connectivity index (χ2n) is 9.97. The van der Waals surface area contributed by atoms with Crippen molar-refractivity contribution in [3.05, 3.63) is 58.7 Å². The number of hydrogen-bond acceptors (Lipinski definition) is 8. The molecule has 0 aliphatic rings. The van der Waals surface area contributed by atoms with E-state index in [1.807, 2.05) is 32.9 Å². The third-order valence-corrected chi connectivity index (χ3v) is 6.38. The van der Waals surface area contributed by atoms with Crippen LogP contribution in [-0.2, 0) is 25.9 Å². The average Bonchev–Trinajstić information content (AvgIpc) is 2.86. The molecule has 0 fully saturated rings. The molecular weight excluding hydrogens is 492 g/mol. The maximum absolute atomic E-state index is 12.4. The first kappa shape index (κ1) is 30.3. The van der Waals surface area contributed by atoms with Crippen LogP contribution in [0, 0.1) is 25.2 Å². The van der Waals surface area contributed by atoms with Crippen molar-refractivity contribution in [1.29, 1.82) is 0 Å². The van der Waals surface area contributed by atoms with Gasteiger partial charge in [-0.25, -0.2) is 4.79 Å². The Morgan fingerprint density at radius 1 is 1.03 bits per heavy atom. The van der Waals surface area contributed by atoms with Crippen LogP contribution in [0.1, 0.15) is 43.0 Å². The van der Waals surface area contributed by atoms with Gasteiger partial charge in [-0.1, -0.05) is 24.3 Å². The van der Waals surface area contributed by atoms with Crippen LogP contribution in [0.4, 0.5) is 4.79 Å². The first-order valence-electron chi connectivity index (χ1n) is 12.3. The van der Waals surface area contributed by atoms with E-state index in [0.29, 0.717) is 43.4 Å². The molecule has 9 heteroatoms. The van der Waals surface area contributed by atoms with E-state index >= 15 is 0 Å². The summed E-state index contributed by atoms with van der Waals surface area (Å²) in [5, 5.41) is 2.80. The molecule has 0 bridgehead atoms. The fourth-order valence-electron chi connectivity index (χ4n) is 3.36. The second kappa shape index (κ2) is 14.7. The lowest BCUT2D eigenvalue weighted by Crippen LogP contribution is -2.34. The van der Waals surface area contributed by atoms with Crippen LogP contribution in [0.15, 0.2) is 36.4 Å². The van der Waals surface area contributed by atoms with Gasteiger partial charge < -0.3 is 29.4 Å². The highest BCUT2D eigenvalue weighted by molar-refractivity contribution is 7.94. The number of hydrogen-bond donors (Lipinski definition) is 2. The molecule has 2 aromatic carbocycles. The number of nitrogens with two attached hydrogens (primary N) is 1. The number of ether oxygens (including phenoxy) is 3. The summed E-state index contributed by atoms with van der Waals surface area (Å²) in [6.45, 7) is 10.9. The number of amides is 1. The molecule has 0 saturated heterocycles. The highest BCUT2D eigenvalue weighted by atomic mass is 32.2. The maximum atomic E-state index is 12.4. The minimum atomic E-state index is -0.592. The zero-order chi connectivity index (χ0) is 27.4. The van der Waals surface area contributed by atoms with Crippen molar-refractivity contribution < 1.29 is 28.0 Å². The molecule has 8 nitrogen and oxygen atoms in total. The van der Waals surface area contributed by atoms with Crippen LogP contribution in [0.5, 0.6) is 11.5 Å². The van der Waals surface area contributed by atoms with Gasteiger partial charge in [-0.3, -0.25) is 4.79 Å². The Morgan fingerprint density at radius 2 is 1.76 bits per heavy atom. The van der Waals surface area contributed by atoms with Gasteiger partial charge in [0.15, 0.2) is 11.5 Å². The Bertz CT molecular complexity index is 1040. The standard InChI is InChI=1S/C28H40N2O6S/c1-19-7-8-21(13-20(19)2)14-23(17-35-26(31)28(3,4)5)16-30-27(32)36-37-18-22-9-10-24(34-12-11-29)25(15-22)33-6/h7-10,13,15,23H,11-12,14,16-18,29H2,1-6H3,(H,30,32). The number of methoxy groups -OCH3 is 1. The van der Waals surface area contributed by atoms with E-state index in [1.165, 1.54) is 11.1 Å². The fraction of sp³-hybridized carbons (Fsp3) is 0.500. The minimum absolute atomic E-state index is 0.101. The predicted molar refractivity (Wildman–Crippen MR) is 147 cm³/mol. The summed E-state index contributed by atoms with van der Waals surface area (Å²) in [5.74, 6) is 1.27. The van der Waals surface area contributed by atoms with Crippen LogP contribution in [-0.4, -0.2) is 45.5 Å². The lowest BCUT2D eigenvalue weighted by atomic mass is 9.96. The Hall–Kier alpha value is -2.91. The number of carbonyl (C=O) groups excluding carboxylic acids is 2. The summed E-state index contributed by atoms with van der Waals surface area (Å²) in [6.07, 6.45) is 0.108. The summed E-state index contributed by atoms with van der Waals surface area (Å²) in [7, 11) is 1.57. The van der Waals surface area contributed by atoms with E-state index in [-0.39, 0.29) is 18.5 Å². The Labute approximate surface area is 224 Å². The maximum Gasteiger partial charge on any atom is 0.419 e. The van der Waals surface area contributed by atoms with Crippen molar-refractivity contribution in [3.63, 3.8) is 0 Å². The zero-order valence-electron chi connectivity index (χ0n) is 22.7. The molecule has 37 heavy (non-hydrogen) atoms. The van der Waals surface area contributed by atoms with Crippen LogP contribution in [0.3, 0.4) is 0 Å². The number of nitrogens with one attached hydrogen (secondary N) is 1. The molecule has 0 saturated carbocycles. The molecule has 204 valence electrons. The Balaban J connectivity index is 1.90. The zero-order valence-corrected chi connectivity index (χ0v) is 23.5. The summed E-state index contributed by atoms with van der Waals surface area (Å²) in [4.78, 5) is 24.7.